The normalized spacial score (nSPS) is 12.2. The van der Waals surface area contributed by atoms with Gasteiger partial charge in [-0.25, -0.2) is 0 Å². The quantitative estimate of drug-likeness (QED) is 0.603. The van der Waals surface area contributed by atoms with Gasteiger partial charge in [0, 0.05) is 5.75 Å². The van der Waals surface area contributed by atoms with Crippen LogP contribution < -0.4 is 10.1 Å². The number of aryl methyl sites for hydroxylation is 1. The first-order chi connectivity index (χ1) is 11.0. The molecule has 2 aromatic rings. The molecule has 1 N–H and O–H groups in total. The Morgan fingerprint density at radius 3 is 2.74 bits per heavy atom. The number of anilines is 1. The standard InChI is InChI=1S/C16H21N3O2S2/c1-10(2)9-22-16-19-18-15(23-16)17-14(20)12(4)21-13-8-6-5-7-11(13)3/h5-8,10,12H,9H2,1-4H3,(H,17,18,20). The lowest BCUT2D eigenvalue weighted by atomic mass is 10.2. The van der Waals surface area contributed by atoms with Gasteiger partial charge in [0.1, 0.15) is 5.75 Å². The van der Waals surface area contributed by atoms with Crippen LogP contribution in [0.3, 0.4) is 0 Å². The summed E-state index contributed by atoms with van der Waals surface area (Å²) in [5, 5.41) is 11.3. The Kier molecular flexibility index (Phi) is 6.41. The molecule has 0 aliphatic heterocycles. The molecule has 0 aliphatic rings. The minimum Gasteiger partial charge on any atom is -0.481 e. The molecule has 1 heterocycles. The molecule has 0 fully saturated rings. The summed E-state index contributed by atoms with van der Waals surface area (Å²) in [4.78, 5) is 12.2. The lowest BCUT2D eigenvalue weighted by Crippen LogP contribution is -2.30. The number of thioether (sulfide) groups is 1. The maximum Gasteiger partial charge on any atom is 0.266 e. The van der Waals surface area contributed by atoms with Crippen molar-refractivity contribution < 1.29 is 9.53 Å². The van der Waals surface area contributed by atoms with Gasteiger partial charge in [0.25, 0.3) is 5.91 Å². The minimum atomic E-state index is -0.605. The number of amides is 1. The summed E-state index contributed by atoms with van der Waals surface area (Å²) in [6, 6.07) is 7.62. The largest absolute Gasteiger partial charge is 0.481 e. The van der Waals surface area contributed by atoms with Crippen molar-refractivity contribution >= 4 is 34.1 Å². The Labute approximate surface area is 144 Å². The number of benzene rings is 1. The van der Waals surface area contributed by atoms with E-state index in [9.17, 15) is 4.79 Å². The second kappa shape index (κ2) is 8.31. The first-order valence-electron chi connectivity index (χ1n) is 7.45. The van der Waals surface area contributed by atoms with E-state index < -0.39 is 6.10 Å². The van der Waals surface area contributed by atoms with Crippen LogP contribution in [0, 0.1) is 12.8 Å². The van der Waals surface area contributed by atoms with E-state index in [-0.39, 0.29) is 5.91 Å². The van der Waals surface area contributed by atoms with Crippen molar-refractivity contribution in [1.29, 1.82) is 0 Å². The third-order valence-electron chi connectivity index (χ3n) is 2.94. The number of para-hydroxylation sites is 1. The Bertz CT molecular complexity index is 658. The van der Waals surface area contributed by atoms with E-state index in [1.54, 1.807) is 18.7 Å². The molecule has 2 rings (SSSR count). The van der Waals surface area contributed by atoms with Crippen molar-refractivity contribution in [3.63, 3.8) is 0 Å². The molecular weight excluding hydrogens is 330 g/mol. The summed E-state index contributed by atoms with van der Waals surface area (Å²) in [5.41, 5.74) is 0.996. The Morgan fingerprint density at radius 2 is 2.04 bits per heavy atom. The molecule has 0 aliphatic carbocycles. The van der Waals surface area contributed by atoms with Crippen LogP contribution in [0.1, 0.15) is 26.3 Å². The number of nitrogens with zero attached hydrogens (tertiary/aromatic N) is 2. The van der Waals surface area contributed by atoms with E-state index in [1.165, 1.54) is 11.3 Å². The summed E-state index contributed by atoms with van der Waals surface area (Å²) in [7, 11) is 0. The second-order valence-electron chi connectivity index (χ2n) is 5.59. The number of rotatable bonds is 7. The van der Waals surface area contributed by atoms with Gasteiger partial charge in [0.2, 0.25) is 5.13 Å². The van der Waals surface area contributed by atoms with Crippen LogP contribution in [0.25, 0.3) is 0 Å². The molecule has 5 nitrogen and oxygen atoms in total. The molecule has 1 aromatic heterocycles. The zero-order valence-corrected chi connectivity index (χ0v) is 15.3. The number of carbonyl (C=O) groups is 1. The van der Waals surface area contributed by atoms with Crippen molar-refractivity contribution in [2.75, 3.05) is 11.1 Å². The minimum absolute atomic E-state index is 0.232. The molecule has 0 saturated heterocycles. The molecule has 0 spiro atoms. The highest BCUT2D eigenvalue weighted by Gasteiger charge is 2.17. The van der Waals surface area contributed by atoms with Gasteiger partial charge < -0.3 is 4.74 Å². The SMILES string of the molecule is Cc1ccccc1OC(C)C(=O)Nc1nnc(SCC(C)C)s1. The van der Waals surface area contributed by atoms with Crippen molar-refractivity contribution in [3.05, 3.63) is 29.8 Å². The zero-order valence-electron chi connectivity index (χ0n) is 13.7. The topological polar surface area (TPSA) is 64.1 Å². The van der Waals surface area contributed by atoms with Crippen molar-refractivity contribution in [1.82, 2.24) is 10.2 Å². The van der Waals surface area contributed by atoms with Crippen LogP contribution in [-0.2, 0) is 4.79 Å². The lowest BCUT2D eigenvalue weighted by Gasteiger charge is -2.15. The fourth-order valence-corrected chi connectivity index (χ4v) is 3.43. The van der Waals surface area contributed by atoms with Crippen molar-refractivity contribution in [2.24, 2.45) is 5.92 Å². The number of nitrogens with one attached hydrogen (secondary N) is 1. The number of ether oxygens (including phenoxy) is 1. The summed E-state index contributed by atoms with van der Waals surface area (Å²) >= 11 is 3.04. The van der Waals surface area contributed by atoms with Crippen LogP contribution >= 0.6 is 23.1 Å². The molecule has 0 bridgehead atoms. The smallest absolute Gasteiger partial charge is 0.266 e. The summed E-state index contributed by atoms with van der Waals surface area (Å²) in [6.45, 7) is 7.97. The Morgan fingerprint density at radius 1 is 1.30 bits per heavy atom. The lowest BCUT2D eigenvalue weighted by molar-refractivity contribution is -0.122. The van der Waals surface area contributed by atoms with Crippen LogP contribution in [-0.4, -0.2) is 28.0 Å². The highest BCUT2D eigenvalue weighted by molar-refractivity contribution is 8.01. The molecule has 124 valence electrons. The second-order valence-corrected chi connectivity index (χ2v) is 7.84. The van der Waals surface area contributed by atoms with Crippen LogP contribution in [0.5, 0.6) is 5.75 Å². The van der Waals surface area contributed by atoms with Crippen LogP contribution in [0.2, 0.25) is 0 Å². The average Bonchev–Trinajstić information content (AvgIpc) is 2.95. The fourth-order valence-electron chi connectivity index (χ4n) is 1.70. The van der Waals surface area contributed by atoms with Gasteiger partial charge in [-0.15, -0.1) is 10.2 Å². The van der Waals surface area contributed by atoms with Crippen molar-refractivity contribution in [2.45, 2.75) is 38.1 Å². The molecule has 1 amide bonds. The van der Waals surface area contributed by atoms with Gasteiger partial charge in [-0.1, -0.05) is 55.1 Å². The monoisotopic (exact) mass is 351 g/mol. The fraction of sp³-hybridized carbons (Fsp3) is 0.438. The van der Waals surface area contributed by atoms with Gasteiger partial charge in [0.05, 0.1) is 0 Å². The Hall–Kier alpha value is -1.60. The maximum absolute atomic E-state index is 12.2. The summed E-state index contributed by atoms with van der Waals surface area (Å²) < 4.78 is 6.57. The predicted molar refractivity (Wildman–Crippen MR) is 95.4 cm³/mol. The highest BCUT2D eigenvalue weighted by Crippen LogP contribution is 2.27. The number of carbonyl (C=O) groups excluding carboxylic acids is 1. The van der Waals surface area contributed by atoms with Gasteiger partial charge in [0.15, 0.2) is 10.4 Å². The van der Waals surface area contributed by atoms with Crippen molar-refractivity contribution in [3.8, 4) is 5.75 Å². The zero-order chi connectivity index (χ0) is 16.8. The summed E-state index contributed by atoms with van der Waals surface area (Å²) in [6.07, 6.45) is -0.605. The number of aromatic nitrogens is 2. The molecule has 1 atom stereocenters. The van der Waals surface area contributed by atoms with E-state index in [0.29, 0.717) is 16.8 Å². The van der Waals surface area contributed by atoms with Gasteiger partial charge >= 0.3 is 0 Å². The molecule has 0 radical (unpaired) electrons. The van der Waals surface area contributed by atoms with Gasteiger partial charge in [-0.2, -0.15) is 0 Å². The Balaban J connectivity index is 1.90. The third kappa shape index (κ3) is 5.51. The average molecular weight is 351 g/mol. The number of hydrogen-bond acceptors (Lipinski definition) is 6. The van der Waals surface area contributed by atoms with E-state index in [4.69, 9.17) is 4.74 Å². The summed E-state index contributed by atoms with van der Waals surface area (Å²) in [5.74, 6) is 2.05. The van der Waals surface area contributed by atoms with E-state index in [0.717, 1.165) is 15.7 Å². The first kappa shape index (κ1) is 17.7. The molecule has 7 heteroatoms. The molecule has 23 heavy (non-hydrogen) atoms. The van der Waals surface area contributed by atoms with Gasteiger partial charge in [-0.3, -0.25) is 10.1 Å². The molecule has 1 unspecified atom stereocenters. The highest BCUT2D eigenvalue weighted by atomic mass is 32.2. The molecule has 1 aromatic carbocycles. The van der Waals surface area contributed by atoms with E-state index >= 15 is 0 Å². The van der Waals surface area contributed by atoms with Crippen LogP contribution in [0.4, 0.5) is 5.13 Å². The van der Waals surface area contributed by atoms with E-state index in [2.05, 4.69) is 29.4 Å². The van der Waals surface area contributed by atoms with Crippen LogP contribution in [0.15, 0.2) is 28.6 Å². The van der Waals surface area contributed by atoms with E-state index in [1.807, 2.05) is 31.2 Å². The number of hydrogen-bond donors (Lipinski definition) is 1. The first-order valence-corrected chi connectivity index (χ1v) is 9.25. The molecular formula is C16H21N3O2S2. The molecule has 0 saturated carbocycles. The maximum atomic E-state index is 12.2. The predicted octanol–water partition coefficient (Wildman–Crippen LogP) is 4.00. The third-order valence-corrected chi connectivity index (χ3v) is 5.34. The van der Waals surface area contributed by atoms with Gasteiger partial charge in [-0.05, 0) is 31.4 Å².